The number of rotatable bonds is 40. The summed E-state index contributed by atoms with van der Waals surface area (Å²) in [6.07, 6.45) is 28.0. The van der Waals surface area contributed by atoms with Crippen molar-refractivity contribution in [2.45, 2.75) is 155 Å². The zero-order valence-corrected chi connectivity index (χ0v) is 32.3. The van der Waals surface area contributed by atoms with Gasteiger partial charge in [-0.1, -0.05) is 129 Å². The maximum Gasteiger partial charge on any atom is 0.306 e. The van der Waals surface area contributed by atoms with Gasteiger partial charge in [0.05, 0.1) is 52.5 Å². The summed E-state index contributed by atoms with van der Waals surface area (Å²) in [4.78, 5) is 23.7. The highest BCUT2D eigenvalue weighted by molar-refractivity contribution is 7.99. The van der Waals surface area contributed by atoms with Gasteiger partial charge in [-0.2, -0.15) is 23.5 Å². The number of hydrogen-bond donors (Lipinski definition) is 0. The molecule has 0 aliphatic heterocycles. The lowest BCUT2D eigenvalue weighted by molar-refractivity contribution is -0.145. The molecule has 0 saturated carbocycles. The lowest BCUT2D eigenvalue weighted by Crippen LogP contribution is -2.15. The molecule has 0 aliphatic carbocycles. The van der Waals surface area contributed by atoms with E-state index in [1.807, 2.05) is 23.5 Å². The molecule has 0 spiro atoms. The highest BCUT2D eigenvalue weighted by Gasteiger charge is 2.04. The summed E-state index contributed by atoms with van der Waals surface area (Å²) in [5.74, 6) is 3.61. The van der Waals surface area contributed by atoms with Gasteiger partial charge in [0, 0.05) is 11.5 Å². The van der Waals surface area contributed by atoms with Gasteiger partial charge in [0.25, 0.3) is 0 Å². The molecule has 0 radical (unpaired) electrons. The fourth-order valence-electron chi connectivity index (χ4n) is 5.01. The van der Waals surface area contributed by atoms with Gasteiger partial charge in [-0.25, -0.2) is 0 Å². The molecule has 47 heavy (non-hydrogen) atoms. The van der Waals surface area contributed by atoms with E-state index >= 15 is 0 Å². The van der Waals surface area contributed by atoms with E-state index in [-0.39, 0.29) is 25.2 Å². The zero-order valence-electron chi connectivity index (χ0n) is 30.7. The Hall–Kier alpha value is -0.480. The van der Waals surface area contributed by atoms with Crippen molar-refractivity contribution in [2.75, 3.05) is 75.9 Å². The van der Waals surface area contributed by atoms with Crippen molar-refractivity contribution in [2.24, 2.45) is 0 Å². The van der Waals surface area contributed by atoms with E-state index in [1.54, 1.807) is 0 Å². The van der Waals surface area contributed by atoms with Crippen molar-refractivity contribution in [1.82, 2.24) is 0 Å². The topological polar surface area (TPSA) is 80.3 Å². The molecule has 0 unspecified atom stereocenters. The Bertz CT molecular complexity index is 587. The molecule has 0 N–H and O–H groups in total. The Kier molecular flexibility index (Phi) is 41.3. The van der Waals surface area contributed by atoms with Crippen molar-refractivity contribution in [1.29, 1.82) is 0 Å². The van der Waals surface area contributed by atoms with Gasteiger partial charge in [-0.3, -0.25) is 9.59 Å². The second kappa shape index (κ2) is 41.7. The minimum atomic E-state index is -0.151. The van der Waals surface area contributed by atoms with Crippen LogP contribution in [0.5, 0.6) is 0 Å². The van der Waals surface area contributed by atoms with Gasteiger partial charge in [0.15, 0.2) is 0 Å². The highest BCUT2D eigenvalue weighted by Crippen LogP contribution is 2.14. The van der Waals surface area contributed by atoms with Gasteiger partial charge in [-0.15, -0.1) is 0 Å². The summed E-state index contributed by atoms with van der Waals surface area (Å²) in [7, 11) is 0. The Balaban J connectivity index is 3.22. The number of unbranched alkanes of at least 4 members (excludes halogenated alkanes) is 18. The van der Waals surface area contributed by atoms with E-state index in [0.29, 0.717) is 52.5 Å². The van der Waals surface area contributed by atoms with Crippen LogP contribution in [0.4, 0.5) is 0 Å². The molecular formula is C38H74O7S2. The molecule has 0 amide bonds. The second-order valence-corrected chi connectivity index (χ2v) is 14.8. The molecule has 0 atom stereocenters. The van der Waals surface area contributed by atoms with E-state index in [4.69, 9.17) is 23.7 Å². The summed E-state index contributed by atoms with van der Waals surface area (Å²) in [5, 5.41) is 0. The van der Waals surface area contributed by atoms with Gasteiger partial charge >= 0.3 is 11.9 Å². The average Bonchev–Trinajstić information content (AvgIpc) is 3.07. The number of carbonyl (C=O) groups excluding carboxylic acids is 2. The first-order chi connectivity index (χ1) is 23.2. The molecule has 9 heteroatoms. The number of carbonyl (C=O) groups is 2. The second-order valence-electron chi connectivity index (χ2n) is 12.4. The van der Waals surface area contributed by atoms with Gasteiger partial charge in [0.2, 0.25) is 0 Å². The SMILES string of the molecule is CCCCCCCCCCCCSCCC(=O)OCCOCCOCCOCCOC(=O)CCSCCCCCCCCCCCC. The molecule has 0 heterocycles. The molecule has 0 aromatic heterocycles. The van der Waals surface area contributed by atoms with E-state index in [9.17, 15) is 9.59 Å². The number of ether oxygens (including phenoxy) is 5. The largest absolute Gasteiger partial charge is 0.463 e. The predicted octanol–water partition coefficient (Wildman–Crippen LogP) is 10.2. The summed E-state index contributed by atoms with van der Waals surface area (Å²) < 4.78 is 26.9. The Morgan fingerprint density at radius 1 is 0.362 bits per heavy atom. The van der Waals surface area contributed by atoms with Crippen LogP contribution in [0.3, 0.4) is 0 Å². The van der Waals surface area contributed by atoms with Crippen molar-refractivity contribution >= 4 is 35.5 Å². The summed E-state index contributed by atoms with van der Waals surface area (Å²) in [6.45, 7) is 7.64. The van der Waals surface area contributed by atoms with Crippen LogP contribution in [-0.4, -0.2) is 87.8 Å². The molecule has 0 bridgehead atoms. The first-order valence-electron chi connectivity index (χ1n) is 19.4. The van der Waals surface area contributed by atoms with Gasteiger partial charge in [-0.05, 0) is 24.3 Å². The zero-order chi connectivity index (χ0) is 34.1. The lowest BCUT2D eigenvalue weighted by atomic mass is 10.1. The number of esters is 2. The third kappa shape index (κ3) is 41.6. The molecule has 0 saturated heterocycles. The summed E-state index contributed by atoms with van der Waals surface area (Å²) >= 11 is 3.70. The van der Waals surface area contributed by atoms with Gasteiger partial charge < -0.3 is 23.7 Å². The first kappa shape index (κ1) is 46.5. The number of thioether (sulfide) groups is 2. The van der Waals surface area contributed by atoms with Crippen LogP contribution >= 0.6 is 23.5 Å². The number of hydrogen-bond acceptors (Lipinski definition) is 9. The molecule has 0 aromatic rings. The molecule has 7 nitrogen and oxygen atoms in total. The van der Waals surface area contributed by atoms with Crippen molar-refractivity contribution in [3.8, 4) is 0 Å². The quantitative estimate of drug-likeness (QED) is 0.0457. The van der Waals surface area contributed by atoms with Crippen LogP contribution in [0, 0.1) is 0 Å². The fourth-order valence-corrected chi connectivity index (χ4v) is 6.86. The molecule has 280 valence electrons. The predicted molar refractivity (Wildman–Crippen MR) is 202 cm³/mol. The molecule has 0 aromatic carbocycles. The van der Waals surface area contributed by atoms with Crippen LogP contribution in [0.15, 0.2) is 0 Å². The average molecular weight is 707 g/mol. The standard InChI is InChI=1S/C38H74O7S2/c1-3-5-7-9-11-13-15-17-19-21-33-46-35-23-37(39)44-31-29-42-27-25-41-26-28-43-30-32-45-38(40)24-36-47-34-22-20-18-16-14-12-10-8-6-4-2/h3-36H2,1-2H3. The van der Waals surface area contributed by atoms with Crippen LogP contribution < -0.4 is 0 Å². The van der Waals surface area contributed by atoms with E-state index in [0.717, 1.165) is 23.0 Å². The third-order valence-corrected chi connectivity index (χ3v) is 10.1. The monoisotopic (exact) mass is 706 g/mol. The van der Waals surface area contributed by atoms with Crippen LogP contribution in [0.2, 0.25) is 0 Å². The minimum absolute atomic E-state index is 0.151. The van der Waals surface area contributed by atoms with E-state index < -0.39 is 0 Å². The Labute approximate surface area is 298 Å². The van der Waals surface area contributed by atoms with E-state index in [1.165, 1.54) is 128 Å². The molecular weight excluding hydrogens is 633 g/mol. The smallest absolute Gasteiger partial charge is 0.306 e. The van der Waals surface area contributed by atoms with Crippen molar-refractivity contribution < 1.29 is 33.3 Å². The maximum absolute atomic E-state index is 11.8. The molecule has 0 fully saturated rings. The first-order valence-corrected chi connectivity index (χ1v) is 21.7. The van der Waals surface area contributed by atoms with Crippen molar-refractivity contribution in [3.63, 3.8) is 0 Å². The highest BCUT2D eigenvalue weighted by atomic mass is 32.2. The minimum Gasteiger partial charge on any atom is -0.463 e. The summed E-state index contributed by atoms with van der Waals surface area (Å²) in [6, 6.07) is 0. The summed E-state index contributed by atoms with van der Waals surface area (Å²) in [5.41, 5.74) is 0. The third-order valence-electron chi connectivity index (χ3n) is 7.91. The van der Waals surface area contributed by atoms with Crippen molar-refractivity contribution in [3.05, 3.63) is 0 Å². The Morgan fingerprint density at radius 2 is 0.638 bits per heavy atom. The molecule has 0 rings (SSSR count). The maximum atomic E-state index is 11.8. The van der Waals surface area contributed by atoms with Crippen LogP contribution in [0.25, 0.3) is 0 Å². The molecule has 0 aliphatic rings. The van der Waals surface area contributed by atoms with Crippen LogP contribution in [-0.2, 0) is 33.3 Å². The normalized spacial score (nSPS) is 11.3. The van der Waals surface area contributed by atoms with Crippen LogP contribution in [0.1, 0.15) is 155 Å². The lowest BCUT2D eigenvalue weighted by Gasteiger charge is -2.08. The van der Waals surface area contributed by atoms with Gasteiger partial charge in [0.1, 0.15) is 13.2 Å². The Morgan fingerprint density at radius 3 is 0.957 bits per heavy atom. The fraction of sp³-hybridized carbons (Fsp3) is 0.947. The van der Waals surface area contributed by atoms with E-state index in [2.05, 4.69) is 13.8 Å².